The molecule has 0 N–H and O–H groups in total. The van der Waals surface area contributed by atoms with Crippen LogP contribution >= 0.6 is 24.2 Å². The Morgan fingerprint density at radius 1 is 0.857 bits per heavy atom. The van der Waals surface area contributed by atoms with Crippen molar-refractivity contribution in [3.63, 3.8) is 0 Å². The van der Waals surface area contributed by atoms with Crippen molar-refractivity contribution < 1.29 is 4.79 Å². The van der Waals surface area contributed by atoms with E-state index in [1.165, 1.54) is 17.5 Å². The van der Waals surface area contributed by atoms with E-state index in [9.17, 15) is 4.79 Å². The number of rotatable bonds is 5. The summed E-state index contributed by atoms with van der Waals surface area (Å²) in [5.41, 5.74) is 2.92. The summed E-state index contributed by atoms with van der Waals surface area (Å²) in [6.45, 7) is 2.11. The summed E-state index contributed by atoms with van der Waals surface area (Å²) in [7, 11) is 1.76. The first-order valence-corrected chi connectivity index (χ1v) is 10.3. The summed E-state index contributed by atoms with van der Waals surface area (Å²) in [5.74, 6) is -0.216. The molecule has 0 aromatic heterocycles. The van der Waals surface area contributed by atoms with Crippen molar-refractivity contribution >= 4 is 46.4 Å². The van der Waals surface area contributed by atoms with Crippen molar-refractivity contribution in [3.05, 3.63) is 90.5 Å². The van der Waals surface area contributed by atoms with Gasteiger partial charge in [0.25, 0.3) is 5.91 Å². The summed E-state index contributed by atoms with van der Waals surface area (Å²) in [5, 5.41) is 0. The molecule has 3 aromatic carbocycles. The normalized spacial score (nSPS) is 10.4. The molecule has 142 valence electrons. The maximum atomic E-state index is 13.1. The lowest BCUT2D eigenvalue weighted by molar-refractivity contribution is -0.112. The number of carbonyl (C=O) groups is 1. The number of hydrogen-bond donors (Lipinski definition) is 0. The fourth-order valence-electron chi connectivity index (χ4n) is 2.66. The molecular weight excluding hydrogens is 384 g/mol. The number of nitrogens with zero attached hydrogens (tertiary/aromatic N) is 2. The Bertz CT molecular complexity index is 928. The SMILES string of the molecule is CCc1ccc(N(C)C(=O)C(=S)N(Sc2ccccc2)c2ccccc2)cc1. The molecule has 3 aromatic rings. The summed E-state index contributed by atoms with van der Waals surface area (Å²) in [6, 6.07) is 27.6. The van der Waals surface area contributed by atoms with E-state index in [2.05, 4.69) is 6.92 Å². The minimum atomic E-state index is -0.216. The minimum absolute atomic E-state index is 0.216. The van der Waals surface area contributed by atoms with Crippen LogP contribution in [-0.4, -0.2) is 17.9 Å². The first kappa shape index (κ1) is 20.1. The monoisotopic (exact) mass is 406 g/mol. The molecule has 3 nitrogen and oxygen atoms in total. The highest BCUT2D eigenvalue weighted by atomic mass is 32.2. The third-order valence-corrected chi connectivity index (χ3v) is 5.87. The van der Waals surface area contributed by atoms with E-state index in [-0.39, 0.29) is 10.9 Å². The van der Waals surface area contributed by atoms with Gasteiger partial charge >= 0.3 is 0 Å². The topological polar surface area (TPSA) is 23.6 Å². The minimum Gasteiger partial charge on any atom is -0.309 e. The van der Waals surface area contributed by atoms with Crippen LogP contribution in [0, 0.1) is 0 Å². The largest absolute Gasteiger partial charge is 0.309 e. The maximum absolute atomic E-state index is 13.1. The molecular formula is C23H22N2OS2. The van der Waals surface area contributed by atoms with Crippen molar-refractivity contribution in [2.45, 2.75) is 18.2 Å². The van der Waals surface area contributed by atoms with Crippen LogP contribution in [0.3, 0.4) is 0 Å². The van der Waals surface area contributed by atoms with E-state index >= 15 is 0 Å². The predicted octanol–water partition coefficient (Wildman–Crippen LogP) is 5.75. The molecule has 0 saturated carbocycles. The molecule has 0 fully saturated rings. The van der Waals surface area contributed by atoms with Crippen LogP contribution in [0.5, 0.6) is 0 Å². The molecule has 0 spiro atoms. The van der Waals surface area contributed by atoms with E-state index in [1.54, 1.807) is 11.9 Å². The molecule has 0 aliphatic heterocycles. The van der Waals surface area contributed by atoms with Gasteiger partial charge in [-0.3, -0.25) is 9.10 Å². The van der Waals surface area contributed by atoms with Gasteiger partial charge in [-0.15, -0.1) is 0 Å². The zero-order valence-electron chi connectivity index (χ0n) is 15.9. The van der Waals surface area contributed by atoms with Crippen molar-refractivity contribution in [2.75, 3.05) is 16.3 Å². The van der Waals surface area contributed by atoms with E-state index in [0.717, 1.165) is 22.7 Å². The predicted molar refractivity (Wildman–Crippen MR) is 123 cm³/mol. The number of para-hydroxylation sites is 1. The van der Waals surface area contributed by atoms with E-state index in [0.29, 0.717) is 0 Å². The van der Waals surface area contributed by atoms with Gasteiger partial charge < -0.3 is 4.90 Å². The van der Waals surface area contributed by atoms with Gasteiger partial charge in [0, 0.05) is 17.6 Å². The Morgan fingerprint density at radius 3 is 2.00 bits per heavy atom. The van der Waals surface area contributed by atoms with Gasteiger partial charge in [0.1, 0.15) is 0 Å². The van der Waals surface area contributed by atoms with Crippen LogP contribution in [0.25, 0.3) is 0 Å². The lowest BCUT2D eigenvalue weighted by atomic mass is 10.1. The number of aryl methyl sites for hydroxylation is 1. The lowest BCUT2D eigenvalue weighted by Gasteiger charge is -2.26. The number of benzene rings is 3. The Labute approximate surface area is 176 Å². The number of carbonyl (C=O) groups excluding carboxylic acids is 1. The zero-order chi connectivity index (χ0) is 19.9. The van der Waals surface area contributed by atoms with Gasteiger partial charge in [0.15, 0.2) is 4.99 Å². The zero-order valence-corrected chi connectivity index (χ0v) is 17.5. The van der Waals surface area contributed by atoms with Crippen LogP contribution < -0.4 is 9.21 Å². The van der Waals surface area contributed by atoms with Gasteiger partial charge in [0.2, 0.25) is 0 Å². The highest BCUT2D eigenvalue weighted by molar-refractivity contribution is 8.03. The second-order valence-corrected chi connectivity index (χ2v) is 7.63. The van der Waals surface area contributed by atoms with Crippen LogP contribution in [0.4, 0.5) is 11.4 Å². The molecule has 0 atom stereocenters. The van der Waals surface area contributed by atoms with Crippen molar-refractivity contribution in [3.8, 4) is 0 Å². The average Bonchev–Trinajstić information content (AvgIpc) is 2.77. The Kier molecular flexibility index (Phi) is 6.85. The summed E-state index contributed by atoms with van der Waals surface area (Å²) in [4.78, 5) is 16.0. The van der Waals surface area contributed by atoms with Crippen LogP contribution in [0.2, 0.25) is 0 Å². The van der Waals surface area contributed by atoms with E-state index < -0.39 is 0 Å². The fraction of sp³-hybridized carbons (Fsp3) is 0.130. The smallest absolute Gasteiger partial charge is 0.286 e. The molecule has 3 rings (SSSR count). The Hall–Kier alpha value is -2.63. The number of likely N-dealkylation sites (N-methyl/N-ethyl adjacent to an activating group) is 1. The van der Waals surface area contributed by atoms with Crippen molar-refractivity contribution in [1.82, 2.24) is 0 Å². The molecule has 1 amide bonds. The van der Waals surface area contributed by atoms with Crippen LogP contribution in [0.15, 0.2) is 89.8 Å². The summed E-state index contributed by atoms with van der Waals surface area (Å²) in [6.07, 6.45) is 0.964. The van der Waals surface area contributed by atoms with Crippen molar-refractivity contribution in [1.29, 1.82) is 0 Å². The molecule has 0 unspecified atom stereocenters. The average molecular weight is 407 g/mol. The number of anilines is 2. The Morgan fingerprint density at radius 2 is 1.43 bits per heavy atom. The third-order valence-electron chi connectivity index (χ3n) is 4.33. The summed E-state index contributed by atoms with van der Waals surface area (Å²) < 4.78 is 1.81. The second kappa shape index (κ2) is 9.53. The fourth-order valence-corrected chi connectivity index (χ4v) is 3.90. The quantitative estimate of drug-likeness (QED) is 0.397. The highest BCUT2D eigenvalue weighted by Crippen LogP contribution is 2.30. The van der Waals surface area contributed by atoms with E-state index in [4.69, 9.17) is 12.2 Å². The van der Waals surface area contributed by atoms with Gasteiger partial charge in [-0.05, 0) is 60.3 Å². The number of amides is 1. The molecule has 5 heteroatoms. The van der Waals surface area contributed by atoms with Gasteiger partial charge in [-0.1, -0.05) is 67.7 Å². The third kappa shape index (κ3) is 4.80. The molecule has 0 heterocycles. The molecule has 28 heavy (non-hydrogen) atoms. The maximum Gasteiger partial charge on any atom is 0.286 e. The van der Waals surface area contributed by atoms with Gasteiger partial charge in [0.05, 0.1) is 5.69 Å². The standard InChI is InChI=1S/C23H22N2OS2/c1-3-18-14-16-19(17-15-18)24(2)22(26)23(27)25(20-10-6-4-7-11-20)28-21-12-8-5-9-13-21/h4-17H,3H2,1-2H3. The van der Waals surface area contributed by atoms with Crippen LogP contribution in [0.1, 0.15) is 12.5 Å². The first-order valence-electron chi connectivity index (χ1n) is 9.09. The molecule has 0 aliphatic rings. The van der Waals surface area contributed by atoms with E-state index in [1.807, 2.05) is 89.2 Å². The number of hydrogen-bond acceptors (Lipinski definition) is 3. The first-order chi connectivity index (χ1) is 13.6. The molecule has 0 aliphatic carbocycles. The molecule has 0 saturated heterocycles. The van der Waals surface area contributed by atoms with Crippen LogP contribution in [-0.2, 0) is 11.2 Å². The highest BCUT2D eigenvalue weighted by Gasteiger charge is 2.24. The van der Waals surface area contributed by atoms with Gasteiger partial charge in [-0.25, -0.2) is 0 Å². The molecule has 0 bridgehead atoms. The number of thiocarbonyl (C=S) groups is 1. The Balaban J connectivity index is 1.86. The summed E-state index contributed by atoms with van der Waals surface area (Å²) >= 11 is 7.06. The second-order valence-electron chi connectivity index (χ2n) is 6.22. The molecule has 0 radical (unpaired) electrons. The van der Waals surface area contributed by atoms with Gasteiger partial charge in [-0.2, -0.15) is 0 Å². The van der Waals surface area contributed by atoms with Crippen molar-refractivity contribution in [2.24, 2.45) is 0 Å². The lowest BCUT2D eigenvalue weighted by Crippen LogP contribution is -2.40.